The Labute approximate surface area is 166 Å². The Hall–Kier alpha value is -2.86. The van der Waals surface area contributed by atoms with Gasteiger partial charge in [0.2, 0.25) is 0 Å². The zero-order valence-electron chi connectivity index (χ0n) is 15.6. The van der Waals surface area contributed by atoms with Crippen molar-refractivity contribution in [2.24, 2.45) is 0 Å². The van der Waals surface area contributed by atoms with Crippen LogP contribution < -0.4 is 10.9 Å². The number of nitrogens with zero attached hydrogens (tertiary/aromatic N) is 1. The van der Waals surface area contributed by atoms with E-state index in [9.17, 15) is 9.59 Å². The minimum Gasteiger partial charge on any atom is -0.343 e. The molecule has 0 unspecified atom stereocenters. The molecule has 5 nitrogen and oxygen atoms in total. The Morgan fingerprint density at radius 1 is 1.11 bits per heavy atom. The predicted molar refractivity (Wildman–Crippen MR) is 111 cm³/mol. The number of nitrogens with one attached hydrogen (secondary N) is 2. The number of fused-ring (bicyclic) bond motifs is 1. The molecule has 0 bridgehead atoms. The highest BCUT2D eigenvalue weighted by Crippen LogP contribution is 2.45. The molecule has 1 aliphatic carbocycles. The number of aromatic amines is 1. The van der Waals surface area contributed by atoms with Crippen molar-refractivity contribution in [1.82, 2.24) is 9.78 Å². The molecule has 6 heteroatoms. The van der Waals surface area contributed by atoms with E-state index < -0.39 is 0 Å². The van der Waals surface area contributed by atoms with Crippen molar-refractivity contribution < 1.29 is 4.79 Å². The molecule has 2 aliphatic rings. The molecular weight excluding hydrogens is 370 g/mol. The Balaban J connectivity index is 1.59. The lowest BCUT2D eigenvalue weighted by molar-refractivity contribution is -0.116. The van der Waals surface area contributed by atoms with Crippen molar-refractivity contribution in [1.29, 1.82) is 0 Å². The quantitative estimate of drug-likeness (QED) is 0.688. The van der Waals surface area contributed by atoms with Crippen LogP contribution in [0.25, 0.3) is 5.69 Å². The van der Waals surface area contributed by atoms with E-state index in [2.05, 4.69) is 21.9 Å². The van der Waals surface area contributed by atoms with Crippen molar-refractivity contribution >= 4 is 22.9 Å². The number of ketones is 1. The molecule has 3 heterocycles. The SMILES string of the molecule is CC[C@H]1C2=C(C[C@H](c3cccs3)CC2=O)Nc2[nH]n(-c3ccccc3)c(=O)c21. The summed E-state index contributed by atoms with van der Waals surface area (Å²) >= 11 is 1.70. The second kappa shape index (κ2) is 6.63. The number of H-pyrrole nitrogens is 1. The maximum Gasteiger partial charge on any atom is 0.277 e. The molecule has 0 radical (unpaired) electrons. The number of benzene rings is 1. The van der Waals surface area contributed by atoms with Gasteiger partial charge in [-0.25, -0.2) is 4.68 Å². The highest BCUT2D eigenvalue weighted by Gasteiger charge is 2.39. The molecule has 1 aromatic carbocycles. The molecule has 142 valence electrons. The van der Waals surface area contributed by atoms with E-state index >= 15 is 0 Å². The summed E-state index contributed by atoms with van der Waals surface area (Å²) in [4.78, 5) is 27.5. The molecule has 0 spiro atoms. The van der Waals surface area contributed by atoms with Crippen LogP contribution in [0.15, 0.2) is 63.9 Å². The minimum atomic E-state index is -0.156. The summed E-state index contributed by atoms with van der Waals surface area (Å²) in [7, 11) is 0. The van der Waals surface area contributed by atoms with Crippen molar-refractivity contribution in [3.05, 3.63) is 79.9 Å². The molecular formula is C22H21N3O2S. The fraction of sp³-hybridized carbons (Fsp3) is 0.273. The molecule has 3 aromatic rings. The van der Waals surface area contributed by atoms with E-state index in [1.165, 1.54) is 4.88 Å². The van der Waals surface area contributed by atoms with Crippen LogP contribution in [-0.4, -0.2) is 15.6 Å². The van der Waals surface area contributed by atoms with E-state index in [1.54, 1.807) is 16.0 Å². The highest BCUT2D eigenvalue weighted by atomic mass is 32.1. The average molecular weight is 391 g/mol. The number of aromatic nitrogens is 2. The normalized spacial score (nSPS) is 21.2. The monoisotopic (exact) mass is 391 g/mol. The molecule has 1 aliphatic heterocycles. The maximum absolute atomic E-state index is 13.2. The van der Waals surface area contributed by atoms with Gasteiger partial charge >= 0.3 is 0 Å². The van der Waals surface area contributed by atoms with Gasteiger partial charge in [-0.05, 0) is 36.4 Å². The molecule has 0 fully saturated rings. The fourth-order valence-electron chi connectivity index (χ4n) is 4.51. The van der Waals surface area contributed by atoms with Gasteiger partial charge in [-0.2, -0.15) is 0 Å². The Kier molecular flexibility index (Phi) is 4.09. The average Bonchev–Trinajstić information content (AvgIpc) is 3.36. The zero-order chi connectivity index (χ0) is 19.3. The van der Waals surface area contributed by atoms with Crippen LogP contribution >= 0.6 is 11.3 Å². The summed E-state index contributed by atoms with van der Waals surface area (Å²) in [5.41, 5.74) is 3.15. The first-order chi connectivity index (χ1) is 13.7. The van der Waals surface area contributed by atoms with E-state index in [-0.39, 0.29) is 23.2 Å². The molecule has 0 saturated heterocycles. The number of hydrogen-bond donors (Lipinski definition) is 2. The number of allylic oxidation sites excluding steroid dienone is 2. The first kappa shape index (κ1) is 17.3. The molecule has 28 heavy (non-hydrogen) atoms. The lowest BCUT2D eigenvalue weighted by Gasteiger charge is -2.33. The van der Waals surface area contributed by atoms with Gasteiger partial charge in [-0.1, -0.05) is 31.2 Å². The number of anilines is 1. The molecule has 2 N–H and O–H groups in total. The van der Waals surface area contributed by atoms with Crippen molar-refractivity contribution in [3.8, 4) is 5.69 Å². The fourth-order valence-corrected chi connectivity index (χ4v) is 5.34. The van der Waals surface area contributed by atoms with Crippen molar-refractivity contribution in [2.75, 3.05) is 5.32 Å². The van der Waals surface area contributed by atoms with Gasteiger partial charge in [0, 0.05) is 34.4 Å². The number of thiophene rings is 1. The van der Waals surface area contributed by atoms with Gasteiger partial charge in [-0.15, -0.1) is 11.3 Å². The van der Waals surface area contributed by atoms with Gasteiger partial charge in [-0.3, -0.25) is 14.7 Å². The van der Waals surface area contributed by atoms with Crippen LogP contribution in [0.5, 0.6) is 0 Å². The molecule has 0 amide bonds. The summed E-state index contributed by atoms with van der Waals surface area (Å²) in [6.07, 6.45) is 2.05. The van der Waals surface area contributed by atoms with Crippen LogP contribution in [0.4, 0.5) is 5.82 Å². The maximum atomic E-state index is 13.2. The van der Waals surface area contributed by atoms with Crippen LogP contribution in [0, 0.1) is 0 Å². The largest absolute Gasteiger partial charge is 0.343 e. The number of carbonyl (C=O) groups excluding carboxylic acids is 1. The first-order valence-corrected chi connectivity index (χ1v) is 10.5. The highest BCUT2D eigenvalue weighted by molar-refractivity contribution is 7.10. The zero-order valence-corrected chi connectivity index (χ0v) is 16.4. The first-order valence-electron chi connectivity index (χ1n) is 9.64. The van der Waals surface area contributed by atoms with E-state index in [0.29, 0.717) is 12.0 Å². The lowest BCUT2D eigenvalue weighted by Crippen LogP contribution is -2.31. The van der Waals surface area contributed by atoms with E-state index in [1.807, 2.05) is 43.3 Å². The Bertz CT molecular complexity index is 1120. The number of carbonyl (C=O) groups is 1. The molecule has 2 atom stereocenters. The van der Waals surface area contributed by atoms with Gasteiger partial charge in [0.25, 0.3) is 5.56 Å². The smallest absolute Gasteiger partial charge is 0.277 e. The third kappa shape index (κ3) is 2.59. The second-order valence-electron chi connectivity index (χ2n) is 7.40. The van der Waals surface area contributed by atoms with E-state index in [4.69, 9.17) is 0 Å². The Morgan fingerprint density at radius 3 is 2.64 bits per heavy atom. The number of Topliss-reactive ketones (excluding diaryl/α,β-unsaturated/α-hetero) is 1. The summed E-state index contributed by atoms with van der Waals surface area (Å²) in [6, 6.07) is 13.7. The van der Waals surface area contributed by atoms with Gasteiger partial charge < -0.3 is 5.32 Å². The molecule has 0 saturated carbocycles. The van der Waals surface area contributed by atoms with Crippen LogP contribution in [-0.2, 0) is 4.79 Å². The summed E-state index contributed by atoms with van der Waals surface area (Å²) in [6.45, 7) is 2.04. The summed E-state index contributed by atoms with van der Waals surface area (Å²) in [5, 5.41) is 8.69. The number of rotatable bonds is 3. The van der Waals surface area contributed by atoms with Gasteiger partial charge in [0.1, 0.15) is 5.82 Å². The summed E-state index contributed by atoms with van der Waals surface area (Å²) in [5.74, 6) is 0.938. The topological polar surface area (TPSA) is 66.9 Å². The van der Waals surface area contributed by atoms with Crippen LogP contribution in [0.3, 0.4) is 0 Å². The second-order valence-corrected chi connectivity index (χ2v) is 8.38. The minimum absolute atomic E-state index is 0.0831. The standard InChI is InChI=1S/C22H21N3O2S/c1-2-15-19-16(11-13(12-17(19)26)18-9-6-10-28-18)23-21-20(15)22(27)25(24-21)14-7-4-3-5-8-14/h3-10,13,15,23-24H,2,11-12H2,1H3/t13-,15-/m0/s1. The lowest BCUT2D eigenvalue weighted by atomic mass is 9.75. The van der Waals surface area contributed by atoms with Gasteiger partial charge in [0.15, 0.2) is 5.78 Å². The van der Waals surface area contributed by atoms with Crippen molar-refractivity contribution in [3.63, 3.8) is 0 Å². The van der Waals surface area contributed by atoms with E-state index in [0.717, 1.165) is 35.6 Å². The van der Waals surface area contributed by atoms with Crippen LogP contribution in [0.2, 0.25) is 0 Å². The number of hydrogen-bond acceptors (Lipinski definition) is 4. The van der Waals surface area contributed by atoms with Crippen LogP contribution in [0.1, 0.15) is 48.5 Å². The third-order valence-electron chi connectivity index (χ3n) is 5.78. The molecule has 2 aromatic heterocycles. The molecule has 5 rings (SSSR count). The third-order valence-corrected chi connectivity index (χ3v) is 6.81. The summed E-state index contributed by atoms with van der Waals surface area (Å²) < 4.78 is 1.57. The number of para-hydroxylation sites is 1. The van der Waals surface area contributed by atoms with Gasteiger partial charge in [0.05, 0.1) is 11.3 Å². The predicted octanol–water partition coefficient (Wildman–Crippen LogP) is 4.55. The van der Waals surface area contributed by atoms with Crippen molar-refractivity contribution in [2.45, 2.75) is 38.0 Å². The Morgan fingerprint density at radius 2 is 1.93 bits per heavy atom.